The van der Waals surface area contributed by atoms with E-state index in [1.807, 2.05) is 25.1 Å². The predicted molar refractivity (Wildman–Crippen MR) is 82.3 cm³/mol. The number of hydrogen-bond donors (Lipinski definition) is 2. The van der Waals surface area contributed by atoms with Gasteiger partial charge in [0.1, 0.15) is 0 Å². The van der Waals surface area contributed by atoms with E-state index in [0.29, 0.717) is 13.1 Å². The molecule has 2 N–H and O–H groups in total. The van der Waals surface area contributed by atoms with Crippen molar-refractivity contribution in [3.8, 4) is 11.1 Å². The molecule has 2 aromatic rings. The molecular weight excluding hydrogens is 248 g/mol. The third-order valence-corrected chi connectivity index (χ3v) is 3.09. The molecule has 0 saturated heterocycles. The summed E-state index contributed by atoms with van der Waals surface area (Å²) < 4.78 is 0. The Kier molecular flexibility index (Phi) is 5.33. The molecule has 0 spiro atoms. The minimum atomic E-state index is 0.0268. The van der Waals surface area contributed by atoms with E-state index in [4.69, 9.17) is 0 Å². The summed E-state index contributed by atoms with van der Waals surface area (Å²) in [4.78, 5) is 11.5. The van der Waals surface area contributed by atoms with E-state index >= 15 is 0 Å². The zero-order valence-corrected chi connectivity index (χ0v) is 11.7. The van der Waals surface area contributed by atoms with Crippen LogP contribution in [0.1, 0.15) is 12.5 Å². The van der Waals surface area contributed by atoms with Crippen LogP contribution < -0.4 is 10.6 Å². The number of amides is 1. The Hall–Kier alpha value is -2.13. The van der Waals surface area contributed by atoms with Crippen molar-refractivity contribution in [3.63, 3.8) is 0 Å². The molecule has 0 aliphatic heterocycles. The maximum Gasteiger partial charge on any atom is 0.234 e. The predicted octanol–water partition coefficient (Wildman–Crippen LogP) is 2.58. The lowest BCUT2D eigenvalue weighted by molar-refractivity contribution is -0.120. The summed E-state index contributed by atoms with van der Waals surface area (Å²) in [5, 5.41) is 5.89. The van der Waals surface area contributed by atoms with Gasteiger partial charge < -0.3 is 10.6 Å². The summed E-state index contributed by atoms with van der Waals surface area (Å²) in [5.41, 5.74) is 3.50. The normalized spacial score (nSPS) is 10.2. The lowest BCUT2D eigenvalue weighted by atomic mass is 10.0. The Morgan fingerprint density at radius 3 is 2.25 bits per heavy atom. The molecule has 3 heteroatoms. The van der Waals surface area contributed by atoms with Gasteiger partial charge in [0.15, 0.2) is 0 Å². The number of benzene rings is 2. The van der Waals surface area contributed by atoms with E-state index < -0.39 is 0 Å². The lowest BCUT2D eigenvalue weighted by Crippen LogP contribution is -2.33. The number of hydrogen-bond acceptors (Lipinski definition) is 2. The molecule has 2 aromatic carbocycles. The van der Waals surface area contributed by atoms with Gasteiger partial charge in [0.25, 0.3) is 0 Å². The van der Waals surface area contributed by atoms with Crippen LogP contribution in [0.3, 0.4) is 0 Å². The standard InChI is InChI=1S/C17H20N2O/c1-2-18-13-17(20)19-12-14-8-10-16(11-9-14)15-6-4-3-5-7-15/h3-11,18H,2,12-13H2,1H3,(H,19,20). The van der Waals surface area contributed by atoms with Crippen LogP contribution in [0.2, 0.25) is 0 Å². The maximum absolute atomic E-state index is 11.5. The highest BCUT2D eigenvalue weighted by molar-refractivity contribution is 5.78. The zero-order valence-electron chi connectivity index (χ0n) is 11.7. The van der Waals surface area contributed by atoms with Gasteiger partial charge in [-0.05, 0) is 23.2 Å². The van der Waals surface area contributed by atoms with Gasteiger partial charge in [0.2, 0.25) is 5.91 Å². The minimum Gasteiger partial charge on any atom is -0.351 e. The molecule has 0 radical (unpaired) electrons. The van der Waals surface area contributed by atoms with E-state index in [1.165, 1.54) is 11.1 Å². The van der Waals surface area contributed by atoms with Crippen molar-refractivity contribution in [1.82, 2.24) is 10.6 Å². The second-order valence-electron chi connectivity index (χ2n) is 4.62. The first-order chi connectivity index (χ1) is 9.79. The van der Waals surface area contributed by atoms with Crippen LogP contribution in [-0.4, -0.2) is 19.0 Å². The van der Waals surface area contributed by atoms with Gasteiger partial charge in [-0.25, -0.2) is 0 Å². The van der Waals surface area contributed by atoms with E-state index in [2.05, 4.69) is 47.0 Å². The van der Waals surface area contributed by atoms with Crippen molar-refractivity contribution in [2.45, 2.75) is 13.5 Å². The van der Waals surface area contributed by atoms with E-state index in [1.54, 1.807) is 0 Å². The average molecular weight is 268 g/mol. The number of carbonyl (C=O) groups excluding carboxylic acids is 1. The first-order valence-electron chi connectivity index (χ1n) is 6.91. The number of rotatable bonds is 6. The van der Waals surface area contributed by atoms with E-state index in [0.717, 1.165) is 12.1 Å². The van der Waals surface area contributed by atoms with Gasteiger partial charge in [-0.3, -0.25) is 4.79 Å². The summed E-state index contributed by atoms with van der Waals surface area (Å²) in [7, 11) is 0. The molecule has 0 heterocycles. The van der Waals surface area contributed by atoms with Crippen LogP contribution in [0.25, 0.3) is 11.1 Å². The molecule has 0 atom stereocenters. The number of nitrogens with one attached hydrogen (secondary N) is 2. The Labute approximate surface area is 120 Å². The quantitative estimate of drug-likeness (QED) is 0.845. The zero-order chi connectivity index (χ0) is 14.2. The van der Waals surface area contributed by atoms with E-state index in [9.17, 15) is 4.79 Å². The van der Waals surface area contributed by atoms with Gasteiger partial charge in [-0.15, -0.1) is 0 Å². The van der Waals surface area contributed by atoms with Crippen molar-refractivity contribution in [1.29, 1.82) is 0 Å². The molecule has 0 saturated carbocycles. The molecule has 2 rings (SSSR count). The van der Waals surface area contributed by atoms with Crippen molar-refractivity contribution < 1.29 is 4.79 Å². The number of likely N-dealkylation sites (N-methyl/N-ethyl adjacent to an activating group) is 1. The first kappa shape index (κ1) is 14.3. The number of carbonyl (C=O) groups is 1. The second-order valence-corrected chi connectivity index (χ2v) is 4.62. The van der Waals surface area contributed by atoms with Gasteiger partial charge >= 0.3 is 0 Å². The van der Waals surface area contributed by atoms with Gasteiger partial charge in [0.05, 0.1) is 6.54 Å². The molecular formula is C17H20N2O. The first-order valence-corrected chi connectivity index (χ1v) is 6.91. The molecule has 3 nitrogen and oxygen atoms in total. The molecule has 20 heavy (non-hydrogen) atoms. The van der Waals surface area contributed by atoms with Crippen molar-refractivity contribution in [3.05, 3.63) is 60.2 Å². The van der Waals surface area contributed by atoms with Crippen molar-refractivity contribution in [2.24, 2.45) is 0 Å². The molecule has 0 aromatic heterocycles. The van der Waals surface area contributed by atoms with Crippen LogP contribution in [-0.2, 0) is 11.3 Å². The Bertz CT molecular complexity index is 535. The smallest absolute Gasteiger partial charge is 0.234 e. The molecule has 104 valence electrons. The largest absolute Gasteiger partial charge is 0.351 e. The summed E-state index contributed by atoms with van der Waals surface area (Å²) in [5.74, 6) is 0.0268. The van der Waals surface area contributed by atoms with Crippen LogP contribution >= 0.6 is 0 Å². The molecule has 0 bridgehead atoms. The summed E-state index contributed by atoms with van der Waals surface area (Å²) in [6.45, 7) is 3.73. The van der Waals surface area contributed by atoms with Gasteiger partial charge in [-0.2, -0.15) is 0 Å². The van der Waals surface area contributed by atoms with Crippen molar-refractivity contribution in [2.75, 3.05) is 13.1 Å². The third kappa shape index (κ3) is 4.21. The second kappa shape index (κ2) is 7.46. The molecule has 0 aliphatic rings. The highest BCUT2D eigenvalue weighted by atomic mass is 16.1. The topological polar surface area (TPSA) is 41.1 Å². The van der Waals surface area contributed by atoms with Crippen LogP contribution in [0.5, 0.6) is 0 Å². The Morgan fingerprint density at radius 1 is 0.950 bits per heavy atom. The van der Waals surface area contributed by atoms with Crippen molar-refractivity contribution >= 4 is 5.91 Å². The summed E-state index contributed by atoms with van der Waals surface area (Å²) in [6.07, 6.45) is 0. The summed E-state index contributed by atoms with van der Waals surface area (Å²) in [6, 6.07) is 18.5. The fourth-order valence-electron chi connectivity index (χ4n) is 1.95. The lowest BCUT2D eigenvalue weighted by Gasteiger charge is -2.07. The fraction of sp³-hybridized carbons (Fsp3) is 0.235. The monoisotopic (exact) mass is 268 g/mol. The fourth-order valence-corrected chi connectivity index (χ4v) is 1.95. The summed E-state index contributed by atoms with van der Waals surface area (Å²) >= 11 is 0. The van der Waals surface area contributed by atoms with Crippen LogP contribution in [0.4, 0.5) is 0 Å². The van der Waals surface area contributed by atoms with Crippen LogP contribution in [0.15, 0.2) is 54.6 Å². The Morgan fingerprint density at radius 2 is 1.60 bits per heavy atom. The molecule has 0 fully saturated rings. The SMILES string of the molecule is CCNCC(=O)NCc1ccc(-c2ccccc2)cc1. The highest BCUT2D eigenvalue weighted by Gasteiger charge is 2.01. The highest BCUT2D eigenvalue weighted by Crippen LogP contribution is 2.19. The van der Waals surface area contributed by atoms with Gasteiger partial charge in [-0.1, -0.05) is 61.5 Å². The molecule has 0 unspecified atom stereocenters. The molecule has 0 aliphatic carbocycles. The maximum atomic E-state index is 11.5. The van der Waals surface area contributed by atoms with E-state index in [-0.39, 0.29) is 5.91 Å². The Balaban J connectivity index is 1.90. The third-order valence-electron chi connectivity index (χ3n) is 3.09. The van der Waals surface area contributed by atoms with Gasteiger partial charge in [0, 0.05) is 6.54 Å². The minimum absolute atomic E-state index is 0.0268. The molecule has 1 amide bonds. The average Bonchev–Trinajstić information content (AvgIpc) is 2.52. The van der Waals surface area contributed by atoms with Crippen LogP contribution in [0, 0.1) is 0 Å².